The van der Waals surface area contributed by atoms with Crippen LogP contribution < -0.4 is 14.8 Å². The van der Waals surface area contributed by atoms with E-state index in [-0.39, 0.29) is 16.3 Å². The van der Waals surface area contributed by atoms with Gasteiger partial charge in [0.25, 0.3) is 5.91 Å². The highest BCUT2D eigenvalue weighted by Gasteiger charge is 2.18. The third kappa shape index (κ3) is 4.60. The molecule has 0 saturated heterocycles. The molecule has 0 aliphatic heterocycles. The van der Waals surface area contributed by atoms with Crippen molar-refractivity contribution < 1.29 is 23.0 Å². The van der Waals surface area contributed by atoms with Crippen LogP contribution in [-0.4, -0.2) is 19.1 Å². The number of benzene rings is 2. The highest BCUT2D eigenvalue weighted by Crippen LogP contribution is 2.37. The Labute approximate surface area is 149 Å². The number of carbonyl (C=O) groups is 1. The Morgan fingerprint density at radius 1 is 1.20 bits per heavy atom. The van der Waals surface area contributed by atoms with Crippen LogP contribution in [0.15, 0.2) is 30.3 Å². The van der Waals surface area contributed by atoms with E-state index in [1.54, 1.807) is 6.92 Å². The van der Waals surface area contributed by atoms with Gasteiger partial charge in [-0.3, -0.25) is 4.79 Å². The van der Waals surface area contributed by atoms with Crippen LogP contribution in [-0.2, 0) is 0 Å². The summed E-state index contributed by atoms with van der Waals surface area (Å²) in [5.41, 5.74) is -0.119. The predicted molar refractivity (Wildman–Crippen MR) is 92.7 cm³/mol. The minimum Gasteiger partial charge on any atom is -0.490 e. The fraction of sp³-hybridized carbons (Fsp3) is 0.278. The van der Waals surface area contributed by atoms with Crippen LogP contribution in [0, 0.1) is 11.6 Å². The standard InChI is InChI=1S/C18H18ClF2NO3/c1-3-8-25-17-12(19)9-11(10-15(17)24-4-2)18(23)22-14-7-5-6-13(20)16(14)21/h5-7,9-10H,3-4,8H2,1-2H3,(H,22,23). The van der Waals surface area contributed by atoms with E-state index in [4.69, 9.17) is 21.1 Å². The molecule has 0 aromatic heterocycles. The normalized spacial score (nSPS) is 10.4. The molecular weight excluding hydrogens is 352 g/mol. The van der Waals surface area contributed by atoms with Gasteiger partial charge in [-0.2, -0.15) is 0 Å². The number of carbonyl (C=O) groups excluding carboxylic acids is 1. The third-order valence-electron chi connectivity index (χ3n) is 3.22. The van der Waals surface area contributed by atoms with Crippen LogP contribution in [0.25, 0.3) is 0 Å². The van der Waals surface area contributed by atoms with Gasteiger partial charge >= 0.3 is 0 Å². The van der Waals surface area contributed by atoms with Crippen LogP contribution in [0.2, 0.25) is 5.02 Å². The molecule has 0 unspecified atom stereocenters. The van der Waals surface area contributed by atoms with Gasteiger partial charge in [0.2, 0.25) is 0 Å². The van der Waals surface area contributed by atoms with Gasteiger partial charge in [0, 0.05) is 5.56 Å². The molecular formula is C18H18ClF2NO3. The number of anilines is 1. The van der Waals surface area contributed by atoms with Gasteiger partial charge < -0.3 is 14.8 Å². The summed E-state index contributed by atoms with van der Waals surface area (Å²) in [7, 11) is 0. The Morgan fingerprint density at radius 2 is 1.96 bits per heavy atom. The van der Waals surface area contributed by atoms with Crippen LogP contribution in [0.3, 0.4) is 0 Å². The lowest BCUT2D eigenvalue weighted by atomic mass is 10.1. The molecule has 4 nitrogen and oxygen atoms in total. The van der Waals surface area contributed by atoms with E-state index in [1.165, 1.54) is 24.3 Å². The first-order chi connectivity index (χ1) is 12.0. The molecule has 1 N–H and O–H groups in total. The topological polar surface area (TPSA) is 47.6 Å². The Bertz CT molecular complexity index is 768. The molecule has 2 rings (SSSR count). The Balaban J connectivity index is 2.31. The second-order valence-corrected chi connectivity index (χ2v) is 5.53. The Morgan fingerprint density at radius 3 is 2.64 bits per heavy atom. The molecule has 1 amide bonds. The molecule has 0 aliphatic rings. The number of hydrogen-bond donors (Lipinski definition) is 1. The van der Waals surface area contributed by atoms with E-state index < -0.39 is 17.5 Å². The van der Waals surface area contributed by atoms with Crippen molar-refractivity contribution in [1.29, 1.82) is 0 Å². The number of rotatable bonds is 7. The van der Waals surface area contributed by atoms with E-state index in [0.29, 0.717) is 24.7 Å². The van der Waals surface area contributed by atoms with E-state index in [9.17, 15) is 13.6 Å². The fourth-order valence-corrected chi connectivity index (χ4v) is 2.37. The lowest BCUT2D eigenvalue weighted by Gasteiger charge is -2.15. The Kier molecular flexibility index (Phi) is 6.58. The van der Waals surface area contributed by atoms with E-state index in [1.807, 2.05) is 6.92 Å². The average Bonchev–Trinajstić information content (AvgIpc) is 2.58. The predicted octanol–water partition coefficient (Wildman–Crippen LogP) is 5.06. The maximum atomic E-state index is 13.7. The maximum absolute atomic E-state index is 13.7. The molecule has 0 atom stereocenters. The summed E-state index contributed by atoms with van der Waals surface area (Å²) in [6, 6.07) is 6.37. The average molecular weight is 370 g/mol. The van der Waals surface area contributed by atoms with Crippen molar-refractivity contribution in [3.8, 4) is 11.5 Å². The van der Waals surface area contributed by atoms with Gasteiger partial charge in [0.1, 0.15) is 0 Å². The van der Waals surface area contributed by atoms with Crippen LogP contribution >= 0.6 is 11.6 Å². The molecule has 0 radical (unpaired) electrons. The van der Waals surface area contributed by atoms with Gasteiger partial charge in [0.05, 0.1) is 23.9 Å². The zero-order valence-corrected chi connectivity index (χ0v) is 14.6. The lowest BCUT2D eigenvalue weighted by molar-refractivity contribution is 0.102. The van der Waals surface area contributed by atoms with Crippen LogP contribution in [0.1, 0.15) is 30.6 Å². The second-order valence-electron chi connectivity index (χ2n) is 5.12. The zero-order chi connectivity index (χ0) is 18.4. The van der Waals surface area contributed by atoms with Crippen LogP contribution in [0.5, 0.6) is 11.5 Å². The van der Waals surface area contributed by atoms with Crippen molar-refractivity contribution >= 4 is 23.2 Å². The molecule has 0 bridgehead atoms. The molecule has 0 heterocycles. The number of hydrogen-bond acceptors (Lipinski definition) is 3. The lowest BCUT2D eigenvalue weighted by Crippen LogP contribution is -2.14. The molecule has 7 heteroatoms. The Hall–Kier alpha value is -2.34. The highest BCUT2D eigenvalue weighted by atomic mass is 35.5. The van der Waals surface area contributed by atoms with Gasteiger partial charge in [-0.05, 0) is 37.6 Å². The molecule has 134 valence electrons. The summed E-state index contributed by atoms with van der Waals surface area (Å²) in [4.78, 5) is 12.4. The van der Waals surface area contributed by atoms with Crippen molar-refractivity contribution in [2.45, 2.75) is 20.3 Å². The first kappa shape index (κ1) is 19.0. The van der Waals surface area contributed by atoms with E-state index in [2.05, 4.69) is 5.32 Å². The van der Waals surface area contributed by atoms with Crippen molar-refractivity contribution in [2.75, 3.05) is 18.5 Å². The highest BCUT2D eigenvalue weighted by molar-refractivity contribution is 6.32. The molecule has 0 aliphatic carbocycles. The molecule has 2 aromatic rings. The molecule has 0 saturated carbocycles. The van der Waals surface area contributed by atoms with Crippen LogP contribution in [0.4, 0.5) is 14.5 Å². The zero-order valence-electron chi connectivity index (χ0n) is 13.9. The largest absolute Gasteiger partial charge is 0.490 e. The quantitative estimate of drug-likeness (QED) is 0.742. The SMILES string of the molecule is CCCOc1c(Cl)cc(C(=O)Nc2cccc(F)c2F)cc1OCC. The van der Waals surface area contributed by atoms with Crippen molar-refractivity contribution in [2.24, 2.45) is 0 Å². The molecule has 2 aromatic carbocycles. The number of ether oxygens (including phenoxy) is 2. The first-order valence-electron chi connectivity index (χ1n) is 7.82. The third-order valence-corrected chi connectivity index (χ3v) is 3.50. The summed E-state index contributed by atoms with van der Waals surface area (Å²) in [6.45, 7) is 4.53. The van der Waals surface area contributed by atoms with Gasteiger partial charge in [-0.25, -0.2) is 8.78 Å². The summed E-state index contributed by atoms with van der Waals surface area (Å²) < 4.78 is 38.0. The van der Waals surface area contributed by atoms with E-state index >= 15 is 0 Å². The minimum absolute atomic E-state index is 0.140. The molecule has 0 spiro atoms. The number of nitrogens with one attached hydrogen (secondary N) is 1. The van der Waals surface area contributed by atoms with E-state index in [0.717, 1.165) is 12.5 Å². The summed E-state index contributed by atoms with van der Waals surface area (Å²) in [5, 5.41) is 2.52. The number of halogens is 3. The summed E-state index contributed by atoms with van der Waals surface area (Å²) >= 11 is 6.19. The summed E-state index contributed by atoms with van der Waals surface area (Å²) in [6.07, 6.45) is 0.781. The fourth-order valence-electron chi connectivity index (χ4n) is 2.10. The van der Waals surface area contributed by atoms with Crippen molar-refractivity contribution in [1.82, 2.24) is 0 Å². The minimum atomic E-state index is -1.13. The maximum Gasteiger partial charge on any atom is 0.255 e. The second kappa shape index (κ2) is 8.67. The number of amides is 1. The van der Waals surface area contributed by atoms with Gasteiger partial charge in [-0.1, -0.05) is 24.6 Å². The van der Waals surface area contributed by atoms with Crippen molar-refractivity contribution in [3.63, 3.8) is 0 Å². The van der Waals surface area contributed by atoms with Gasteiger partial charge in [-0.15, -0.1) is 0 Å². The summed E-state index contributed by atoms with van der Waals surface area (Å²) in [5.74, 6) is -2.16. The smallest absolute Gasteiger partial charge is 0.255 e. The molecule has 0 fully saturated rings. The first-order valence-corrected chi connectivity index (χ1v) is 8.20. The molecule has 25 heavy (non-hydrogen) atoms. The monoisotopic (exact) mass is 369 g/mol. The van der Waals surface area contributed by atoms with Gasteiger partial charge in [0.15, 0.2) is 23.1 Å². The van der Waals surface area contributed by atoms with Crippen molar-refractivity contribution in [3.05, 3.63) is 52.6 Å².